The molecule has 0 saturated heterocycles. The van der Waals surface area contributed by atoms with Gasteiger partial charge in [-0.05, 0) is 28.1 Å². The van der Waals surface area contributed by atoms with Crippen LogP contribution in [0.4, 0.5) is 0 Å². The average Bonchev–Trinajstić information content (AvgIpc) is 2.48. The number of nitrogens with zero attached hydrogens (tertiary/aromatic N) is 2. The van der Waals surface area contributed by atoms with E-state index in [1.165, 1.54) is 6.20 Å². The molecule has 6 nitrogen and oxygen atoms in total. The Hall–Kier alpha value is -1.63. The second-order valence-corrected chi connectivity index (χ2v) is 3.36. The summed E-state index contributed by atoms with van der Waals surface area (Å²) >= 11 is 3.20. The Kier molecular flexibility index (Phi) is 2.08. The molecule has 2 aromatic rings. The molecule has 72 valence electrons. The molecule has 0 saturated carbocycles. The van der Waals surface area contributed by atoms with Crippen molar-refractivity contribution >= 4 is 15.9 Å². The third-order valence-corrected chi connectivity index (χ3v) is 2.25. The zero-order valence-corrected chi connectivity index (χ0v) is 8.41. The van der Waals surface area contributed by atoms with Crippen LogP contribution in [0.2, 0.25) is 0 Å². The Morgan fingerprint density at radius 1 is 1.29 bits per heavy atom. The van der Waals surface area contributed by atoms with Crippen LogP contribution in [0.5, 0.6) is 0 Å². The highest BCUT2D eigenvalue weighted by Gasteiger charge is 2.09. The Labute approximate surface area is 85.7 Å². The van der Waals surface area contributed by atoms with Crippen LogP contribution in [0.1, 0.15) is 0 Å². The molecule has 2 N–H and O–H groups in total. The Bertz CT molecular complexity index is 540. The third-order valence-electron chi connectivity index (χ3n) is 1.63. The third kappa shape index (κ3) is 1.31. The Morgan fingerprint density at radius 2 is 1.93 bits per heavy atom. The van der Waals surface area contributed by atoms with Gasteiger partial charge in [0.25, 0.3) is 0 Å². The van der Waals surface area contributed by atoms with Crippen LogP contribution in [0.3, 0.4) is 0 Å². The molecule has 0 aliphatic heterocycles. The van der Waals surface area contributed by atoms with Crippen LogP contribution in [0.15, 0.2) is 32.4 Å². The van der Waals surface area contributed by atoms with Crippen molar-refractivity contribution < 1.29 is 0 Å². The molecule has 0 amide bonds. The van der Waals surface area contributed by atoms with Gasteiger partial charge >= 0.3 is 11.4 Å². The summed E-state index contributed by atoms with van der Waals surface area (Å²) in [7, 11) is 0. The lowest BCUT2D eigenvalue weighted by atomic mass is 10.4. The van der Waals surface area contributed by atoms with Gasteiger partial charge in [-0.15, -0.1) is 0 Å². The SMILES string of the molecule is O=c1[nH][nH]c(=O)n1-c1ncccc1Br. The minimum Gasteiger partial charge on any atom is -0.247 e. The molecule has 2 aromatic heterocycles. The van der Waals surface area contributed by atoms with Crippen LogP contribution in [-0.4, -0.2) is 19.7 Å². The van der Waals surface area contributed by atoms with Gasteiger partial charge in [0.05, 0.1) is 4.47 Å². The van der Waals surface area contributed by atoms with Crippen molar-refractivity contribution in [2.75, 3.05) is 0 Å². The van der Waals surface area contributed by atoms with Gasteiger partial charge in [0.2, 0.25) is 0 Å². The molecule has 14 heavy (non-hydrogen) atoms. The van der Waals surface area contributed by atoms with Gasteiger partial charge in [-0.1, -0.05) is 0 Å². The van der Waals surface area contributed by atoms with Crippen molar-refractivity contribution in [2.24, 2.45) is 0 Å². The lowest BCUT2D eigenvalue weighted by Crippen LogP contribution is -2.25. The predicted molar refractivity (Wildman–Crippen MR) is 52.5 cm³/mol. The normalized spacial score (nSPS) is 10.4. The van der Waals surface area contributed by atoms with E-state index < -0.39 is 11.4 Å². The molecule has 0 spiro atoms. The van der Waals surface area contributed by atoms with Gasteiger partial charge < -0.3 is 0 Å². The van der Waals surface area contributed by atoms with Crippen molar-refractivity contribution in [3.8, 4) is 5.82 Å². The van der Waals surface area contributed by atoms with E-state index in [9.17, 15) is 9.59 Å². The van der Waals surface area contributed by atoms with Crippen LogP contribution < -0.4 is 11.4 Å². The van der Waals surface area contributed by atoms with E-state index in [-0.39, 0.29) is 5.82 Å². The van der Waals surface area contributed by atoms with Crippen molar-refractivity contribution in [1.82, 2.24) is 19.7 Å². The number of pyridine rings is 1. The molecule has 2 rings (SSSR count). The minimum absolute atomic E-state index is 0.264. The molecule has 0 bridgehead atoms. The number of aromatic amines is 2. The summed E-state index contributed by atoms with van der Waals surface area (Å²) in [6.45, 7) is 0. The molecule has 0 radical (unpaired) electrons. The average molecular weight is 257 g/mol. The van der Waals surface area contributed by atoms with Gasteiger partial charge in [-0.3, -0.25) is 0 Å². The quantitative estimate of drug-likeness (QED) is 0.754. The molecule has 0 aliphatic carbocycles. The first kappa shape index (κ1) is 8.95. The Balaban J connectivity index is 2.79. The number of aromatic nitrogens is 4. The molecule has 0 aliphatic rings. The highest BCUT2D eigenvalue weighted by atomic mass is 79.9. The smallest absolute Gasteiger partial charge is 0.247 e. The van der Waals surface area contributed by atoms with E-state index in [4.69, 9.17) is 0 Å². The minimum atomic E-state index is -0.547. The highest BCUT2D eigenvalue weighted by molar-refractivity contribution is 9.10. The number of hydrogen-bond acceptors (Lipinski definition) is 3. The first-order chi connectivity index (χ1) is 6.70. The summed E-state index contributed by atoms with van der Waals surface area (Å²) in [4.78, 5) is 26.3. The van der Waals surface area contributed by atoms with Gasteiger partial charge in [0.15, 0.2) is 5.82 Å². The largest absolute Gasteiger partial charge is 0.350 e. The summed E-state index contributed by atoms with van der Waals surface area (Å²) in [5, 5.41) is 4.34. The molecule has 0 atom stereocenters. The highest BCUT2D eigenvalue weighted by Crippen LogP contribution is 2.14. The predicted octanol–water partition coefficient (Wildman–Crippen LogP) is 0.0114. The standard InChI is InChI=1S/C7H5BrN4O2/c8-4-2-1-3-9-5(4)12-6(13)10-11-7(12)14/h1-3H,(H,10,13)(H,11,14). The molecule has 0 aromatic carbocycles. The zero-order chi connectivity index (χ0) is 10.1. The monoisotopic (exact) mass is 256 g/mol. The molecule has 2 heterocycles. The summed E-state index contributed by atoms with van der Waals surface area (Å²) < 4.78 is 1.48. The number of halogens is 1. The number of H-pyrrole nitrogens is 2. The summed E-state index contributed by atoms with van der Waals surface area (Å²) in [5.41, 5.74) is -1.09. The van der Waals surface area contributed by atoms with Gasteiger partial charge in [0.1, 0.15) is 0 Å². The van der Waals surface area contributed by atoms with Crippen molar-refractivity contribution in [3.05, 3.63) is 43.8 Å². The maximum Gasteiger partial charge on any atom is 0.350 e. The molecular formula is C7H5BrN4O2. The summed E-state index contributed by atoms with van der Waals surface area (Å²) in [6.07, 6.45) is 1.50. The van der Waals surface area contributed by atoms with E-state index in [0.29, 0.717) is 4.47 Å². The summed E-state index contributed by atoms with van der Waals surface area (Å²) in [6, 6.07) is 3.39. The van der Waals surface area contributed by atoms with Gasteiger partial charge in [-0.25, -0.2) is 24.8 Å². The fraction of sp³-hybridized carbons (Fsp3) is 0. The number of nitrogens with one attached hydrogen (secondary N) is 2. The lowest BCUT2D eigenvalue weighted by molar-refractivity contribution is 0.902. The van der Waals surface area contributed by atoms with Crippen LogP contribution in [0, 0.1) is 0 Å². The molecule has 0 unspecified atom stereocenters. The van der Waals surface area contributed by atoms with E-state index >= 15 is 0 Å². The second-order valence-electron chi connectivity index (χ2n) is 2.50. The van der Waals surface area contributed by atoms with Crippen LogP contribution in [-0.2, 0) is 0 Å². The van der Waals surface area contributed by atoms with Gasteiger partial charge in [0, 0.05) is 6.20 Å². The maximum absolute atomic E-state index is 11.2. The second kappa shape index (κ2) is 3.26. The first-order valence-corrected chi connectivity index (χ1v) is 4.50. The summed E-state index contributed by atoms with van der Waals surface area (Å²) in [5.74, 6) is 0.264. The van der Waals surface area contributed by atoms with E-state index in [1.807, 2.05) is 0 Å². The Morgan fingerprint density at radius 3 is 2.50 bits per heavy atom. The fourth-order valence-electron chi connectivity index (χ4n) is 1.05. The van der Waals surface area contributed by atoms with Crippen LogP contribution in [0.25, 0.3) is 5.82 Å². The van der Waals surface area contributed by atoms with Gasteiger partial charge in [-0.2, -0.15) is 4.57 Å². The fourth-order valence-corrected chi connectivity index (χ4v) is 1.48. The van der Waals surface area contributed by atoms with E-state index in [0.717, 1.165) is 4.57 Å². The van der Waals surface area contributed by atoms with E-state index in [2.05, 4.69) is 31.1 Å². The zero-order valence-electron chi connectivity index (χ0n) is 6.82. The molecular weight excluding hydrogens is 252 g/mol. The lowest BCUT2D eigenvalue weighted by Gasteiger charge is -1.99. The molecule has 7 heteroatoms. The van der Waals surface area contributed by atoms with Crippen molar-refractivity contribution in [1.29, 1.82) is 0 Å². The number of rotatable bonds is 1. The van der Waals surface area contributed by atoms with Crippen LogP contribution >= 0.6 is 15.9 Å². The van der Waals surface area contributed by atoms with Crippen molar-refractivity contribution in [3.63, 3.8) is 0 Å². The maximum atomic E-state index is 11.2. The first-order valence-electron chi connectivity index (χ1n) is 3.71. The van der Waals surface area contributed by atoms with Crippen molar-refractivity contribution in [2.45, 2.75) is 0 Å². The number of hydrogen-bond donors (Lipinski definition) is 2. The topological polar surface area (TPSA) is 83.5 Å². The van der Waals surface area contributed by atoms with E-state index in [1.54, 1.807) is 12.1 Å². The molecule has 0 fully saturated rings.